The summed E-state index contributed by atoms with van der Waals surface area (Å²) >= 11 is 0. The molecule has 2 nitrogen and oxygen atoms in total. The zero-order chi connectivity index (χ0) is 13.4. The SMILES string of the molecule is c1ccc2c(c1)NCCC2c1cccc2c1OCCC2. The van der Waals surface area contributed by atoms with Crippen molar-refractivity contribution in [1.82, 2.24) is 0 Å². The van der Waals surface area contributed by atoms with Crippen molar-refractivity contribution in [3.05, 3.63) is 59.2 Å². The average molecular weight is 265 g/mol. The van der Waals surface area contributed by atoms with Gasteiger partial charge in [0.1, 0.15) is 5.75 Å². The van der Waals surface area contributed by atoms with Crippen molar-refractivity contribution in [3.63, 3.8) is 0 Å². The summed E-state index contributed by atoms with van der Waals surface area (Å²) in [6.45, 7) is 1.89. The Bertz CT molecular complexity index is 635. The van der Waals surface area contributed by atoms with E-state index in [1.54, 1.807) is 0 Å². The molecule has 2 heterocycles. The van der Waals surface area contributed by atoms with Crippen molar-refractivity contribution in [1.29, 1.82) is 0 Å². The van der Waals surface area contributed by atoms with Gasteiger partial charge in [-0.3, -0.25) is 0 Å². The van der Waals surface area contributed by atoms with E-state index < -0.39 is 0 Å². The molecule has 0 saturated heterocycles. The van der Waals surface area contributed by atoms with Gasteiger partial charge in [0, 0.05) is 23.7 Å². The van der Waals surface area contributed by atoms with Gasteiger partial charge in [-0.2, -0.15) is 0 Å². The molecular weight excluding hydrogens is 246 g/mol. The maximum atomic E-state index is 6.00. The fraction of sp³-hybridized carbons (Fsp3) is 0.333. The van der Waals surface area contributed by atoms with E-state index in [1.807, 2.05) is 0 Å². The first-order valence-corrected chi connectivity index (χ1v) is 7.51. The molecule has 0 bridgehead atoms. The van der Waals surface area contributed by atoms with Crippen LogP contribution in [0.15, 0.2) is 42.5 Å². The van der Waals surface area contributed by atoms with E-state index in [0.717, 1.165) is 38.2 Å². The number of benzene rings is 2. The van der Waals surface area contributed by atoms with Crippen LogP contribution in [-0.2, 0) is 6.42 Å². The third kappa shape index (κ3) is 1.87. The van der Waals surface area contributed by atoms with E-state index in [9.17, 15) is 0 Å². The molecule has 0 fully saturated rings. The highest BCUT2D eigenvalue weighted by Crippen LogP contribution is 2.42. The van der Waals surface area contributed by atoms with Crippen LogP contribution < -0.4 is 10.1 Å². The predicted octanol–water partition coefficient (Wildman–Crippen LogP) is 3.96. The molecule has 2 aliphatic rings. The normalized spacial score (nSPS) is 20.3. The number of para-hydroxylation sites is 2. The average Bonchev–Trinajstić information content (AvgIpc) is 2.54. The summed E-state index contributed by atoms with van der Waals surface area (Å²) < 4.78 is 6.00. The highest BCUT2D eigenvalue weighted by atomic mass is 16.5. The van der Waals surface area contributed by atoms with Crippen molar-refractivity contribution in [2.75, 3.05) is 18.5 Å². The predicted molar refractivity (Wildman–Crippen MR) is 81.6 cm³/mol. The highest BCUT2D eigenvalue weighted by molar-refractivity contribution is 5.59. The molecular formula is C18H19NO. The van der Waals surface area contributed by atoms with Gasteiger partial charge in [0.15, 0.2) is 0 Å². The van der Waals surface area contributed by atoms with Gasteiger partial charge in [-0.15, -0.1) is 0 Å². The quantitative estimate of drug-likeness (QED) is 0.842. The first-order valence-electron chi connectivity index (χ1n) is 7.51. The van der Waals surface area contributed by atoms with E-state index in [-0.39, 0.29) is 0 Å². The largest absolute Gasteiger partial charge is 0.493 e. The van der Waals surface area contributed by atoms with Crippen molar-refractivity contribution < 1.29 is 4.74 Å². The Morgan fingerprint density at radius 1 is 1.00 bits per heavy atom. The van der Waals surface area contributed by atoms with Crippen molar-refractivity contribution >= 4 is 5.69 Å². The van der Waals surface area contributed by atoms with E-state index >= 15 is 0 Å². The maximum Gasteiger partial charge on any atom is 0.126 e. The molecule has 4 rings (SSSR count). The fourth-order valence-electron chi connectivity index (χ4n) is 3.48. The molecule has 0 amide bonds. The Hall–Kier alpha value is -1.96. The molecule has 2 heteroatoms. The maximum absolute atomic E-state index is 6.00. The first kappa shape index (κ1) is 11.8. The standard InChI is InChI=1S/C18H19NO/c1-2-9-17-15(7-1)14(10-11-19-17)16-8-3-5-13-6-4-12-20-18(13)16/h1-3,5,7-9,14,19H,4,6,10-12H2. The smallest absolute Gasteiger partial charge is 0.126 e. The molecule has 1 N–H and O–H groups in total. The van der Waals surface area contributed by atoms with Crippen molar-refractivity contribution in [3.8, 4) is 5.75 Å². The minimum Gasteiger partial charge on any atom is -0.493 e. The second kappa shape index (κ2) is 4.86. The van der Waals surface area contributed by atoms with Crippen LogP contribution in [0.1, 0.15) is 35.4 Å². The number of ether oxygens (including phenoxy) is 1. The molecule has 20 heavy (non-hydrogen) atoms. The van der Waals surface area contributed by atoms with Crippen molar-refractivity contribution in [2.24, 2.45) is 0 Å². The van der Waals surface area contributed by atoms with E-state index in [4.69, 9.17) is 4.74 Å². The fourth-order valence-corrected chi connectivity index (χ4v) is 3.48. The van der Waals surface area contributed by atoms with Gasteiger partial charge in [-0.1, -0.05) is 36.4 Å². The molecule has 0 aliphatic carbocycles. The number of fused-ring (bicyclic) bond motifs is 2. The summed E-state index contributed by atoms with van der Waals surface area (Å²) in [5.41, 5.74) is 5.43. The summed E-state index contributed by atoms with van der Waals surface area (Å²) in [7, 11) is 0. The van der Waals surface area contributed by atoms with Crippen LogP contribution >= 0.6 is 0 Å². The van der Waals surface area contributed by atoms with Gasteiger partial charge in [0.2, 0.25) is 0 Å². The lowest BCUT2D eigenvalue weighted by atomic mass is 9.83. The van der Waals surface area contributed by atoms with Crippen LogP contribution in [0.3, 0.4) is 0 Å². The Kier molecular flexibility index (Phi) is 2.87. The molecule has 0 radical (unpaired) electrons. The van der Waals surface area contributed by atoms with Crippen LogP contribution in [0.25, 0.3) is 0 Å². The zero-order valence-corrected chi connectivity index (χ0v) is 11.6. The minimum atomic E-state index is 0.459. The third-order valence-electron chi connectivity index (χ3n) is 4.42. The van der Waals surface area contributed by atoms with Crippen LogP contribution in [0.2, 0.25) is 0 Å². The number of rotatable bonds is 1. The second-order valence-corrected chi connectivity index (χ2v) is 5.64. The first-order chi connectivity index (χ1) is 9.93. The summed E-state index contributed by atoms with van der Waals surface area (Å²) in [6, 6.07) is 15.3. The summed E-state index contributed by atoms with van der Waals surface area (Å²) in [4.78, 5) is 0. The summed E-state index contributed by atoms with van der Waals surface area (Å²) in [5.74, 6) is 1.61. The second-order valence-electron chi connectivity index (χ2n) is 5.64. The van der Waals surface area contributed by atoms with Crippen LogP contribution in [0.4, 0.5) is 5.69 Å². The van der Waals surface area contributed by atoms with Gasteiger partial charge in [0.05, 0.1) is 6.61 Å². The molecule has 102 valence electrons. The van der Waals surface area contributed by atoms with Gasteiger partial charge in [-0.05, 0) is 36.5 Å². The highest BCUT2D eigenvalue weighted by Gasteiger charge is 2.26. The Morgan fingerprint density at radius 3 is 2.90 bits per heavy atom. The molecule has 2 aliphatic heterocycles. The third-order valence-corrected chi connectivity index (χ3v) is 4.42. The molecule has 1 unspecified atom stereocenters. The lowest BCUT2D eigenvalue weighted by Crippen LogP contribution is -2.19. The van der Waals surface area contributed by atoms with Gasteiger partial charge in [0.25, 0.3) is 0 Å². The monoisotopic (exact) mass is 265 g/mol. The summed E-state index contributed by atoms with van der Waals surface area (Å²) in [5, 5.41) is 3.50. The van der Waals surface area contributed by atoms with E-state index in [2.05, 4.69) is 47.8 Å². The van der Waals surface area contributed by atoms with E-state index in [0.29, 0.717) is 5.92 Å². The zero-order valence-electron chi connectivity index (χ0n) is 11.6. The van der Waals surface area contributed by atoms with Crippen LogP contribution in [-0.4, -0.2) is 13.2 Å². The number of nitrogens with one attached hydrogen (secondary N) is 1. The Labute approximate surface area is 119 Å². The number of hydrogen-bond donors (Lipinski definition) is 1. The number of aryl methyl sites for hydroxylation is 1. The Balaban J connectivity index is 1.83. The lowest BCUT2D eigenvalue weighted by Gasteiger charge is -2.30. The van der Waals surface area contributed by atoms with Crippen molar-refractivity contribution in [2.45, 2.75) is 25.2 Å². The van der Waals surface area contributed by atoms with Crippen LogP contribution in [0.5, 0.6) is 5.75 Å². The Morgan fingerprint density at radius 2 is 1.90 bits per heavy atom. The molecule has 0 aromatic heterocycles. The lowest BCUT2D eigenvalue weighted by molar-refractivity contribution is 0.284. The topological polar surface area (TPSA) is 21.3 Å². The van der Waals surface area contributed by atoms with Gasteiger partial charge >= 0.3 is 0 Å². The van der Waals surface area contributed by atoms with Gasteiger partial charge < -0.3 is 10.1 Å². The molecule has 2 aromatic carbocycles. The van der Waals surface area contributed by atoms with Crippen LogP contribution in [0, 0.1) is 0 Å². The number of hydrogen-bond acceptors (Lipinski definition) is 2. The molecule has 1 atom stereocenters. The number of anilines is 1. The molecule has 2 aromatic rings. The summed E-state index contributed by atoms with van der Waals surface area (Å²) in [6.07, 6.45) is 3.42. The van der Waals surface area contributed by atoms with E-state index in [1.165, 1.54) is 22.4 Å². The van der Waals surface area contributed by atoms with Gasteiger partial charge in [-0.25, -0.2) is 0 Å². The minimum absolute atomic E-state index is 0.459. The molecule has 0 saturated carbocycles. The molecule has 0 spiro atoms.